The molecule has 1 aromatic rings. The molecule has 1 atom stereocenters. The number of nitrogens with one attached hydrogen (secondary N) is 2. The zero-order chi connectivity index (χ0) is 12.9. The smallest absolute Gasteiger partial charge is 0.273 e. The second kappa shape index (κ2) is 6.44. The maximum Gasteiger partial charge on any atom is 0.273 e. The normalized spacial score (nSPS) is 13.8. The highest BCUT2D eigenvalue weighted by Crippen LogP contribution is 2.14. The summed E-state index contributed by atoms with van der Waals surface area (Å²) in [5, 5.41) is 3.10. The van der Waals surface area contributed by atoms with Crippen LogP contribution in [0.4, 0.5) is 0 Å². The summed E-state index contributed by atoms with van der Waals surface area (Å²) in [5.74, 6) is 0.603. The first-order chi connectivity index (χ1) is 7.99. The zero-order valence-corrected chi connectivity index (χ0v) is 11.8. The van der Waals surface area contributed by atoms with E-state index in [1.54, 1.807) is 24.9 Å². The Balaban J connectivity index is 2.68. The van der Waals surface area contributed by atoms with E-state index in [4.69, 9.17) is 4.42 Å². The van der Waals surface area contributed by atoms with Crippen molar-refractivity contribution in [2.75, 3.05) is 19.8 Å². The molecule has 0 amide bonds. The number of furan rings is 1. The third kappa shape index (κ3) is 4.34. The van der Waals surface area contributed by atoms with Crippen LogP contribution in [0, 0.1) is 0 Å². The third-order valence-corrected chi connectivity index (χ3v) is 4.48. The average molecular weight is 278 g/mol. The van der Waals surface area contributed by atoms with Crippen molar-refractivity contribution in [2.45, 2.75) is 23.8 Å². The number of sulfonamides is 1. The van der Waals surface area contributed by atoms with Gasteiger partial charge in [-0.1, -0.05) is 6.92 Å². The van der Waals surface area contributed by atoms with Gasteiger partial charge in [-0.2, -0.15) is 11.8 Å². The van der Waals surface area contributed by atoms with Crippen LogP contribution in [0.15, 0.2) is 21.6 Å². The highest BCUT2D eigenvalue weighted by Gasteiger charge is 2.19. The van der Waals surface area contributed by atoms with E-state index >= 15 is 0 Å². The van der Waals surface area contributed by atoms with Crippen LogP contribution in [-0.2, 0) is 16.6 Å². The molecular formula is C10H18N2O3S2. The summed E-state index contributed by atoms with van der Waals surface area (Å²) in [4.78, 5) is 0. The summed E-state index contributed by atoms with van der Waals surface area (Å²) < 4.78 is 31.4. The molecule has 17 heavy (non-hydrogen) atoms. The van der Waals surface area contributed by atoms with Crippen molar-refractivity contribution in [3.8, 4) is 0 Å². The van der Waals surface area contributed by atoms with Crippen molar-refractivity contribution in [1.82, 2.24) is 10.0 Å². The molecule has 0 radical (unpaired) electrons. The molecule has 0 fully saturated rings. The van der Waals surface area contributed by atoms with Crippen LogP contribution in [0.5, 0.6) is 0 Å². The molecule has 0 saturated heterocycles. The van der Waals surface area contributed by atoms with Crippen molar-refractivity contribution in [3.63, 3.8) is 0 Å². The Morgan fingerprint density at radius 1 is 1.47 bits per heavy atom. The molecule has 0 spiro atoms. The minimum atomic E-state index is -3.52. The standard InChI is InChI=1S/C10H18N2O3S2/c1-8(16-3)6-12-17(13,14)10-5-4-9(15-10)7-11-2/h4-5,8,11-12H,6-7H2,1-3H3. The Labute approximate surface area is 106 Å². The maximum absolute atomic E-state index is 11.8. The molecule has 2 N–H and O–H groups in total. The number of thioether (sulfide) groups is 1. The predicted octanol–water partition coefficient (Wildman–Crippen LogP) is 1.03. The van der Waals surface area contributed by atoms with E-state index in [2.05, 4.69) is 10.0 Å². The summed E-state index contributed by atoms with van der Waals surface area (Å²) in [6, 6.07) is 3.13. The highest BCUT2D eigenvalue weighted by molar-refractivity contribution is 7.99. The SMILES string of the molecule is CNCc1ccc(S(=O)(=O)NCC(C)SC)o1. The minimum absolute atomic E-state index is 0.0314. The van der Waals surface area contributed by atoms with Gasteiger partial charge in [-0.25, -0.2) is 13.1 Å². The average Bonchev–Trinajstić information content (AvgIpc) is 2.76. The number of rotatable bonds is 7. The Bertz CT molecular complexity index is 442. The van der Waals surface area contributed by atoms with Crippen LogP contribution in [0.25, 0.3) is 0 Å². The lowest BCUT2D eigenvalue weighted by atomic mass is 10.4. The highest BCUT2D eigenvalue weighted by atomic mass is 32.2. The number of hydrogen-bond acceptors (Lipinski definition) is 5. The van der Waals surface area contributed by atoms with Crippen LogP contribution in [0.3, 0.4) is 0 Å². The van der Waals surface area contributed by atoms with Gasteiger partial charge in [0.15, 0.2) is 0 Å². The molecule has 5 nitrogen and oxygen atoms in total. The Hall–Kier alpha value is -0.500. The van der Waals surface area contributed by atoms with E-state index in [0.717, 1.165) is 0 Å². The molecule has 0 aliphatic rings. The molecule has 1 aromatic heterocycles. The molecule has 0 aliphatic heterocycles. The lowest BCUT2D eigenvalue weighted by Crippen LogP contribution is -2.29. The summed E-state index contributed by atoms with van der Waals surface area (Å²) in [7, 11) is -1.75. The number of hydrogen-bond donors (Lipinski definition) is 2. The second-order valence-electron chi connectivity index (χ2n) is 3.65. The molecule has 0 aromatic carbocycles. The quantitative estimate of drug-likeness (QED) is 0.779. The van der Waals surface area contributed by atoms with Crippen molar-refractivity contribution in [1.29, 1.82) is 0 Å². The molecular weight excluding hydrogens is 260 g/mol. The van der Waals surface area contributed by atoms with Crippen LogP contribution < -0.4 is 10.0 Å². The molecule has 0 saturated carbocycles. The lowest BCUT2D eigenvalue weighted by Gasteiger charge is -2.08. The fourth-order valence-electron chi connectivity index (χ4n) is 1.15. The van der Waals surface area contributed by atoms with Gasteiger partial charge in [-0.15, -0.1) is 0 Å². The zero-order valence-electron chi connectivity index (χ0n) is 10.2. The monoisotopic (exact) mass is 278 g/mol. The Morgan fingerprint density at radius 3 is 2.76 bits per heavy atom. The summed E-state index contributed by atoms with van der Waals surface area (Å²) in [5.41, 5.74) is 0. The first kappa shape index (κ1) is 14.6. The summed E-state index contributed by atoms with van der Waals surface area (Å²) in [6.45, 7) is 2.87. The topological polar surface area (TPSA) is 71.3 Å². The fourth-order valence-corrected chi connectivity index (χ4v) is 2.58. The Kier molecular flexibility index (Phi) is 5.51. The maximum atomic E-state index is 11.8. The van der Waals surface area contributed by atoms with E-state index in [1.165, 1.54) is 6.07 Å². The van der Waals surface area contributed by atoms with Crippen LogP contribution in [-0.4, -0.2) is 33.5 Å². The van der Waals surface area contributed by atoms with Crippen molar-refractivity contribution in [3.05, 3.63) is 17.9 Å². The van der Waals surface area contributed by atoms with Crippen LogP contribution in [0.1, 0.15) is 12.7 Å². The molecule has 7 heteroatoms. The third-order valence-electron chi connectivity index (χ3n) is 2.22. The van der Waals surface area contributed by atoms with Crippen molar-refractivity contribution in [2.24, 2.45) is 0 Å². The molecule has 0 aliphatic carbocycles. The van der Waals surface area contributed by atoms with E-state index in [1.807, 2.05) is 13.2 Å². The van der Waals surface area contributed by atoms with Gasteiger partial charge in [0.2, 0.25) is 5.09 Å². The molecule has 1 unspecified atom stereocenters. The second-order valence-corrected chi connectivity index (χ2v) is 6.62. The van der Waals surface area contributed by atoms with E-state index in [9.17, 15) is 8.42 Å². The van der Waals surface area contributed by atoms with Gasteiger partial charge in [-0.3, -0.25) is 0 Å². The molecule has 1 heterocycles. The molecule has 1 rings (SSSR count). The van der Waals surface area contributed by atoms with Gasteiger partial charge < -0.3 is 9.73 Å². The van der Waals surface area contributed by atoms with Crippen molar-refractivity contribution < 1.29 is 12.8 Å². The van der Waals surface area contributed by atoms with Gasteiger partial charge in [0.25, 0.3) is 10.0 Å². The molecule has 0 bridgehead atoms. The minimum Gasteiger partial charge on any atom is -0.447 e. The van der Waals surface area contributed by atoms with Gasteiger partial charge >= 0.3 is 0 Å². The van der Waals surface area contributed by atoms with Crippen LogP contribution >= 0.6 is 11.8 Å². The fraction of sp³-hybridized carbons (Fsp3) is 0.600. The summed E-state index contributed by atoms with van der Waals surface area (Å²) in [6.07, 6.45) is 1.94. The largest absolute Gasteiger partial charge is 0.447 e. The first-order valence-corrected chi connectivity index (χ1v) is 8.02. The van der Waals surface area contributed by atoms with E-state index < -0.39 is 10.0 Å². The summed E-state index contributed by atoms with van der Waals surface area (Å²) >= 11 is 1.61. The van der Waals surface area contributed by atoms with E-state index in [0.29, 0.717) is 18.8 Å². The van der Waals surface area contributed by atoms with E-state index in [-0.39, 0.29) is 10.3 Å². The predicted molar refractivity (Wildman–Crippen MR) is 69.6 cm³/mol. The van der Waals surface area contributed by atoms with Crippen molar-refractivity contribution >= 4 is 21.8 Å². The Morgan fingerprint density at radius 2 is 2.18 bits per heavy atom. The van der Waals surface area contributed by atoms with Crippen LogP contribution in [0.2, 0.25) is 0 Å². The molecule has 98 valence electrons. The van der Waals surface area contributed by atoms with Gasteiger partial charge in [0.05, 0.1) is 6.54 Å². The van der Waals surface area contributed by atoms with Gasteiger partial charge in [0, 0.05) is 11.8 Å². The lowest BCUT2D eigenvalue weighted by molar-refractivity contribution is 0.404. The van der Waals surface area contributed by atoms with Gasteiger partial charge in [0.1, 0.15) is 5.76 Å². The first-order valence-electron chi connectivity index (χ1n) is 5.25. The van der Waals surface area contributed by atoms with Gasteiger partial charge in [-0.05, 0) is 25.4 Å².